The van der Waals surface area contributed by atoms with Gasteiger partial charge in [0.2, 0.25) is 0 Å². The van der Waals surface area contributed by atoms with E-state index in [0.717, 1.165) is 11.1 Å². The van der Waals surface area contributed by atoms with Crippen molar-refractivity contribution in [3.05, 3.63) is 45.5 Å². The quantitative estimate of drug-likeness (QED) is 0.512. The molecule has 2 N–H and O–H groups in total. The van der Waals surface area contributed by atoms with Gasteiger partial charge in [-0.1, -0.05) is 24.3 Å². The SMILES string of the molecule is NC1Cc2ccccc2[C@@H]1[N+](=O)[O-]. The van der Waals surface area contributed by atoms with Gasteiger partial charge in [-0.25, -0.2) is 0 Å². The molecule has 0 aromatic heterocycles. The Morgan fingerprint density at radius 1 is 1.46 bits per heavy atom. The maximum Gasteiger partial charge on any atom is 0.253 e. The Balaban J connectivity index is 2.46. The average molecular weight is 178 g/mol. The monoisotopic (exact) mass is 178 g/mol. The van der Waals surface area contributed by atoms with Crippen molar-refractivity contribution < 1.29 is 4.92 Å². The lowest BCUT2D eigenvalue weighted by Crippen LogP contribution is -2.29. The number of fused-ring (bicyclic) bond motifs is 1. The lowest BCUT2D eigenvalue weighted by atomic mass is 10.1. The molecule has 0 saturated carbocycles. The second-order valence-corrected chi connectivity index (χ2v) is 3.30. The molecule has 1 aromatic rings. The van der Waals surface area contributed by atoms with Gasteiger partial charge in [-0.15, -0.1) is 0 Å². The van der Waals surface area contributed by atoms with Crippen molar-refractivity contribution in [2.75, 3.05) is 0 Å². The normalized spacial score (nSPS) is 25.6. The average Bonchev–Trinajstić information content (AvgIpc) is 2.39. The second-order valence-electron chi connectivity index (χ2n) is 3.30. The van der Waals surface area contributed by atoms with Crippen LogP contribution in [0.5, 0.6) is 0 Å². The molecule has 1 aliphatic rings. The molecular formula is C9H10N2O2. The predicted molar refractivity (Wildman–Crippen MR) is 47.9 cm³/mol. The number of rotatable bonds is 1. The van der Waals surface area contributed by atoms with Crippen molar-refractivity contribution in [3.63, 3.8) is 0 Å². The van der Waals surface area contributed by atoms with Crippen molar-refractivity contribution >= 4 is 0 Å². The molecule has 0 bridgehead atoms. The van der Waals surface area contributed by atoms with E-state index in [9.17, 15) is 10.1 Å². The minimum Gasteiger partial charge on any atom is -0.321 e. The van der Waals surface area contributed by atoms with E-state index in [1.165, 1.54) is 0 Å². The fourth-order valence-electron chi connectivity index (χ4n) is 1.87. The Hall–Kier alpha value is -1.42. The fraction of sp³-hybridized carbons (Fsp3) is 0.333. The molecule has 68 valence electrons. The highest BCUT2D eigenvalue weighted by molar-refractivity contribution is 5.35. The van der Waals surface area contributed by atoms with Crippen LogP contribution in [0.15, 0.2) is 24.3 Å². The van der Waals surface area contributed by atoms with Crippen molar-refractivity contribution in [2.24, 2.45) is 5.73 Å². The smallest absolute Gasteiger partial charge is 0.253 e. The third kappa shape index (κ3) is 1.19. The molecule has 1 unspecified atom stereocenters. The number of nitrogens with two attached hydrogens (primary N) is 1. The van der Waals surface area contributed by atoms with E-state index in [2.05, 4.69) is 0 Å². The Kier molecular flexibility index (Phi) is 1.77. The molecule has 13 heavy (non-hydrogen) atoms. The topological polar surface area (TPSA) is 69.2 Å². The minimum atomic E-state index is -0.712. The largest absolute Gasteiger partial charge is 0.321 e. The van der Waals surface area contributed by atoms with Crippen LogP contribution in [-0.2, 0) is 6.42 Å². The predicted octanol–water partition coefficient (Wildman–Crippen LogP) is 0.888. The molecule has 1 aliphatic carbocycles. The van der Waals surface area contributed by atoms with E-state index in [0.29, 0.717) is 6.42 Å². The Labute approximate surface area is 75.5 Å². The van der Waals surface area contributed by atoms with Crippen LogP contribution in [0, 0.1) is 10.1 Å². The van der Waals surface area contributed by atoms with Gasteiger partial charge in [-0.2, -0.15) is 0 Å². The van der Waals surface area contributed by atoms with E-state index >= 15 is 0 Å². The zero-order valence-corrected chi connectivity index (χ0v) is 7.01. The Bertz CT molecular complexity index is 351. The summed E-state index contributed by atoms with van der Waals surface area (Å²) >= 11 is 0. The van der Waals surface area contributed by atoms with E-state index in [1.807, 2.05) is 18.2 Å². The summed E-state index contributed by atoms with van der Waals surface area (Å²) in [6.45, 7) is 0. The summed E-state index contributed by atoms with van der Waals surface area (Å²) in [6.07, 6.45) is 0.613. The number of nitrogens with zero attached hydrogens (tertiary/aromatic N) is 1. The number of hydrogen-bond acceptors (Lipinski definition) is 3. The maximum atomic E-state index is 10.7. The van der Waals surface area contributed by atoms with Crippen LogP contribution < -0.4 is 5.73 Å². The summed E-state index contributed by atoms with van der Waals surface area (Å²) in [5, 5.41) is 10.7. The van der Waals surface area contributed by atoms with Gasteiger partial charge < -0.3 is 5.73 Å². The summed E-state index contributed by atoms with van der Waals surface area (Å²) in [4.78, 5) is 10.4. The summed E-state index contributed by atoms with van der Waals surface area (Å²) in [7, 11) is 0. The van der Waals surface area contributed by atoms with E-state index in [4.69, 9.17) is 5.73 Å². The van der Waals surface area contributed by atoms with E-state index < -0.39 is 6.04 Å². The molecule has 1 aromatic carbocycles. The molecule has 0 saturated heterocycles. The molecule has 0 radical (unpaired) electrons. The lowest BCUT2D eigenvalue weighted by molar-refractivity contribution is -0.530. The van der Waals surface area contributed by atoms with Gasteiger partial charge in [-0.05, 0) is 12.0 Å². The van der Waals surface area contributed by atoms with Crippen LogP contribution in [-0.4, -0.2) is 11.0 Å². The van der Waals surface area contributed by atoms with Crippen molar-refractivity contribution in [1.82, 2.24) is 0 Å². The highest BCUT2D eigenvalue weighted by atomic mass is 16.6. The fourth-order valence-corrected chi connectivity index (χ4v) is 1.87. The van der Waals surface area contributed by atoms with E-state index in [1.54, 1.807) is 6.07 Å². The number of benzene rings is 1. The van der Waals surface area contributed by atoms with Gasteiger partial charge in [0, 0.05) is 10.5 Å². The first-order valence-electron chi connectivity index (χ1n) is 4.17. The summed E-state index contributed by atoms with van der Waals surface area (Å²) in [5.74, 6) is 0. The highest BCUT2D eigenvalue weighted by Crippen LogP contribution is 2.32. The van der Waals surface area contributed by atoms with Gasteiger partial charge in [0.25, 0.3) is 6.04 Å². The van der Waals surface area contributed by atoms with Crippen LogP contribution in [0.1, 0.15) is 17.2 Å². The molecule has 2 atom stereocenters. The summed E-state index contributed by atoms with van der Waals surface area (Å²) < 4.78 is 0. The first kappa shape index (κ1) is 8.19. The van der Waals surface area contributed by atoms with Crippen LogP contribution in [0.2, 0.25) is 0 Å². The van der Waals surface area contributed by atoms with Crippen LogP contribution >= 0.6 is 0 Å². The van der Waals surface area contributed by atoms with Gasteiger partial charge in [0.1, 0.15) is 0 Å². The van der Waals surface area contributed by atoms with Crippen molar-refractivity contribution in [3.8, 4) is 0 Å². The lowest BCUT2D eigenvalue weighted by Gasteiger charge is -2.06. The highest BCUT2D eigenvalue weighted by Gasteiger charge is 2.38. The van der Waals surface area contributed by atoms with Gasteiger partial charge in [0.05, 0.1) is 6.04 Å². The molecule has 0 heterocycles. The minimum absolute atomic E-state index is 0.295. The standard InChI is InChI=1S/C9H10N2O2/c10-8-5-6-3-1-2-4-7(6)9(8)11(12)13/h1-4,8-9H,5,10H2/t8?,9-/m0/s1. The zero-order valence-electron chi connectivity index (χ0n) is 7.01. The first-order chi connectivity index (χ1) is 6.20. The van der Waals surface area contributed by atoms with Crippen molar-refractivity contribution in [2.45, 2.75) is 18.5 Å². The molecular weight excluding hydrogens is 168 g/mol. The van der Waals surface area contributed by atoms with Gasteiger partial charge >= 0.3 is 0 Å². The van der Waals surface area contributed by atoms with Gasteiger partial charge in [0.15, 0.2) is 0 Å². The molecule has 0 spiro atoms. The molecule has 4 nitrogen and oxygen atoms in total. The number of nitro groups is 1. The third-order valence-electron chi connectivity index (χ3n) is 2.46. The molecule has 0 aliphatic heterocycles. The first-order valence-corrected chi connectivity index (χ1v) is 4.17. The zero-order chi connectivity index (χ0) is 9.42. The molecule has 0 fully saturated rings. The second kappa shape index (κ2) is 2.81. The van der Waals surface area contributed by atoms with Crippen LogP contribution in [0.4, 0.5) is 0 Å². The molecule has 4 heteroatoms. The number of hydrogen-bond donors (Lipinski definition) is 1. The molecule has 0 amide bonds. The Morgan fingerprint density at radius 2 is 2.15 bits per heavy atom. The molecule has 2 rings (SSSR count). The Morgan fingerprint density at radius 3 is 2.85 bits per heavy atom. The third-order valence-corrected chi connectivity index (χ3v) is 2.46. The maximum absolute atomic E-state index is 10.7. The van der Waals surface area contributed by atoms with Crippen LogP contribution in [0.25, 0.3) is 0 Å². The summed E-state index contributed by atoms with van der Waals surface area (Å²) in [6, 6.07) is 6.30. The van der Waals surface area contributed by atoms with Gasteiger partial charge in [-0.3, -0.25) is 10.1 Å². The van der Waals surface area contributed by atoms with E-state index in [-0.39, 0.29) is 11.0 Å². The van der Waals surface area contributed by atoms with Crippen molar-refractivity contribution in [1.29, 1.82) is 0 Å². The summed E-state index contributed by atoms with van der Waals surface area (Å²) in [5.41, 5.74) is 7.48. The van der Waals surface area contributed by atoms with Crippen LogP contribution in [0.3, 0.4) is 0 Å².